The minimum Gasteiger partial charge on any atom is -0.302 e. The van der Waals surface area contributed by atoms with Gasteiger partial charge < -0.3 is 4.90 Å². The highest BCUT2D eigenvalue weighted by Crippen LogP contribution is 2.38. The molecule has 1 aromatic heterocycles. The predicted molar refractivity (Wildman–Crippen MR) is 199 cm³/mol. The van der Waals surface area contributed by atoms with Gasteiger partial charge in [0.15, 0.2) is 0 Å². The summed E-state index contributed by atoms with van der Waals surface area (Å²) in [6, 6.07) is 64.4. The van der Waals surface area contributed by atoms with E-state index in [9.17, 15) is 0 Å². The van der Waals surface area contributed by atoms with Crippen LogP contribution in [0.25, 0.3) is 23.3 Å². The highest BCUT2D eigenvalue weighted by atomic mass is 32.1. The Morgan fingerprint density at radius 1 is 0.370 bits per heavy atom. The fourth-order valence-electron chi connectivity index (χ4n) is 5.71. The fourth-order valence-corrected chi connectivity index (χ4v) is 6.48. The van der Waals surface area contributed by atoms with Crippen LogP contribution in [0.15, 0.2) is 187 Å². The van der Waals surface area contributed by atoms with Gasteiger partial charge in [0.1, 0.15) is 0 Å². The molecule has 0 N–H and O–H groups in total. The topological polar surface area (TPSA) is 3.24 Å². The molecule has 46 heavy (non-hydrogen) atoms. The first kappa shape index (κ1) is 29.0. The predicted octanol–water partition coefficient (Wildman–Crippen LogP) is 12.4. The second kappa shape index (κ2) is 13.9. The smallest absolute Gasteiger partial charge is 0.0999 e. The average Bonchev–Trinajstić information content (AvgIpc) is 3.67. The van der Waals surface area contributed by atoms with Crippen molar-refractivity contribution >= 4 is 51.0 Å². The van der Waals surface area contributed by atoms with Gasteiger partial charge in [-0.1, -0.05) is 146 Å². The van der Waals surface area contributed by atoms with Gasteiger partial charge in [0.05, 0.1) is 5.00 Å². The van der Waals surface area contributed by atoms with E-state index in [1.54, 1.807) is 11.3 Å². The van der Waals surface area contributed by atoms with Gasteiger partial charge >= 0.3 is 0 Å². The molecule has 0 aliphatic carbocycles. The minimum atomic E-state index is 1.12. The number of rotatable bonds is 9. The third-order valence-corrected chi connectivity index (χ3v) is 8.84. The Morgan fingerprint density at radius 2 is 0.717 bits per heavy atom. The summed E-state index contributed by atoms with van der Waals surface area (Å²) >= 11 is 1.74. The first-order valence-corrected chi connectivity index (χ1v) is 16.4. The maximum absolute atomic E-state index is 2.33. The molecule has 1 nitrogen and oxygen atoms in total. The number of thiophene rings is 1. The van der Waals surface area contributed by atoms with Crippen LogP contribution in [-0.2, 0) is 0 Å². The lowest BCUT2D eigenvalue weighted by molar-refractivity contribution is 1.31. The molecule has 7 rings (SSSR count). The summed E-state index contributed by atoms with van der Waals surface area (Å²) in [6.45, 7) is 0. The molecule has 0 saturated heterocycles. The highest BCUT2D eigenvalue weighted by Gasteiger charge is 2.14. The van der Waals surface area contributed by atoms with Gasteiger partial charge in [-0.15, -0.1) is 11.3 Å². The Kier molecular flexibility index (Phi) is 8.80. The van der Waals surface area contributed by atoms with Crippen LogP contribution in [0, 0.1) is 0 Å². The lowest BCUT2D eigenvalue weighted by Gasteiger charge is -2.24. The summed E-state index contributed by atoms with van der Waals surface area (Å²) in [5.41, 5.74) is 11.8. The van der Waals surface area contributed by atoms with Crippen molar-refractivity contribution in [2.24, 2.45) is 0 Å². The molecule has 0 spiro atoms. The minimum absolute atomic E-state index is 1.12. The molecular weight excluding hydrogens is 575 g/mol. The molecule has 0 aliphatic rings. The van der Waals surface area contributed by atoms with Crippen molar-refractivity contribution in [3.8, 4) is 0 Å². The highest BCUT2D eigenvalue weighted by molar-refractivity contribution is 7.14. The van der Waals surface area contributed by atoms with Crippen molar-refractivity contribution in [3.05, 3.63) is 221 Å². The zero-order valence-corrected chi connectivity index (χ0v) is 26.2. The molecule has 2 heteroatoms. The van der Waals surface area contributed by atoms with E-state index < -0.39 is 0 Å². The van der Waals surface area contributed by atoms with Gasteiger partial charge in [0, 0.05) is 11.4 Å². The standard InChI is InChI=1S/C44H33NS/c1-5-14-36(15-6-1)42(37-16-7-2-8-17-37)32-34-23-27-40(28-24-34)45(44-22-13-31-46-44)41-29-25-35(26-30-41)33-43(38-18-9-3-10-19-38)39-20-11-4-12-21-39/h1-33H. The van der Waals surface area contributed by atoms with E-state index in [-0.39, 0.29) is 0 Å². The van der Waals surface area contributed by atoms with E-state index in [4.69, 9.17) is 0 Å². The monoisotopic (exact) mass is 607 g/mol. The van der Waals surface area contributed by atoms with Crippen LogP contribution in [-0.4, -0.2) is 0 Å². The van der Waals surface area contributed by atoms with E-state index in [1.165, 1.54) is 38.4 Å². The molecule has 0 atom stereocenters. The third kappa shape index (κ3) is 6.68. The molecule has 0 bridgehead atoms. The van der Waals surface area contributed by atoms with Gasteiger partial charge in [0.2, 0.25) is 0 Å². The van der Waals surface area contributed by atoms with E-state index in [1.807, 2.05) is 0 Å². The van der Waals surface area contributed by atoms with E-state index in [2.05, 4.69) is 204 Å². The van der Waals surface area contributed by atoms with Gasteiger partial charge in [-0.05, 0) is 98.5 Å². The largest absolute Gasteiger partial charge is 0.302 e. The molecule has 0 unspecified atom stereocenters. The van der Waals surface area contributed by atoms with Crippen molar-refractivity contribution in [1.29, 1.82) is 0 Å². The Bertz CT molecular complexity index is 1810. The molecule has 0 radical (unpaired) electrons. The molecule has 7 aromatic rings. The number of hydrogen-bond acceptors (Lipinski definition) is 2. The molecule has 0 saturated carbocycles. The Labute approximate surface area is 275 Å². The van der Waals surface area contributed by atoms with Crippen molar-refractivity contribution in [3.63, 3.8) is 0 Å². The Balaban J connectivity index is 1.22. The first-order valence-electron chi connectivity index (χ1n) is 15.5. The summed E-state index contributed by atoms with van der Waals surface area (Å²) in [7, 11) is 0. The molecule has 220 valence electrons. The Morgan fingerprint density at radius 3 is 1.02 bits per heavy atom. The number of hydrogen-bond donors (Lipinski definition) is 0. The van der Waals surface area contributed by atoms with Crippen molar-refractivity contribution in [1.82, 2.24) is 0 Å². The zero-order chi connectivity index (χ0) is 31.0. The average molecular weight is 608 g/mol. The molecule has 0 amide bonds. The second-order valence-corrected chi connectivity index (χ2v) is 12.0. The quantitative estimate of drug-likeness (QED) is 0.148. The van der Waals surface area contributed by atoms with Gasteiger partial charge in [-0.25, -0.2) is 0 Å². The van der Waals surface area contributed by atoms with Crippen molar-refractivity contribution in [2.45, 2.75) is 0 Å². The zero-order valence-electron chi connectivity index (χ0n) is 25.4. The maximum atomic E-state index is 2.33. The molecule has 0 fully saturated rings. The van der Waals surface area contributed by atoms with Gasteiger partial charge in [0.25, 0.3) is 0 Å². The van der Waals surface area contributed by atoms with Gasteiger partial charge in [-0.2, -0.15) is 0 Å². The van der Waals surface area contributed by atoms with Crippen LogP contribution in [0.4, 0.5) is 16.4 Å². The summed E-state index contributed by atoms with van der Waals surface area (Å²) in [6.07, 6.45) is 4.56. The first-order chi connectivity index (χ1) is 22.8. The third-order valence-electron chi connectivity index (χ3n) is 7.99. The summed E-state index contributed by atoms with van der Waals surface area (Å²) < 4.78 is 0. The van der Waals surface area contributed by atoms with E-state index in [0.717, 1.165) is 22.5 Å². The lowest BCUT2D eigenvalue weighted by Crippen LogP contribution is -2.08. The SMILES string of the molecule is C(=C(c1ccccc1)c1ccccc1)c1ccc(N(c2ccc(C=C(c3ccccc3)c3ccccc3)cc2)c2cccs2)cc1. The van der Waals surface area contributed by atoms with Crippen LogP contribution in [0.2, 0.25) is 0 Å². The normalized spacial score (nSPS) is 10.6. The number of nitrogens with zero attached hydrogens (tertiary/aromatic N) is 1. The van der Waals surface area contributed by atoms with Crippen molar-refractivity contribution < 1.29 is 0 Å². The van der Waals surface area contributed by atoms with Crippen LogP contribution >= 0.6 is 11.3 Å². The number of anilines is 3. The van der Waals surface area contributed by atoms with Crippen LogP contribution < -0.4 is 4.90 Å². The molecule has 0 aliphatic heterocycles. The lowest BCUT2D eigenvalue weighted by atomic mass is 9.95. The van der Waals surface area contributed by atoms with Crippen LogP contribution in [0.3, 0.4) is 0 Å². The fraction of sp³-hybridized carbons (Fsp3) is 0. The second-order valence-electron chi connectivity index (χ2n) is 11.0. The molecule has 1 heterocycles. The Hall–Kier alpha value is -5.70. The maximum Gasteiger partial charge on any atom is 0.0999 e. The number of benzene rings is 6. The van der Waals surface area contributed by atoms with Gasteiger partial charge in [-0.3, -0.25) is 0 Å². The summed E-state index contributed by atoms with van der Waals surface area (Å²) in [5.74, 6) is 0. The van der Waals surface area contributed by atoms with E-state index in [0.29, 0.717) is 0 Å². The summed E-state index contributed by atoms with van der Waals surface area (Å²) in [5, 5.41) is 3.31. The van der Waals surface area contributed by atoms with Crippen molar-refractivity contribution in [2.75, 3.05) is 4.90 Å². The van der Waals surface area contributed by atoms with Crippen LogP contribution in [0.5, 0.6) is 0 Å². The van der Waals surface area contributed by atoms with E-state index >= 15 is 0 Å². The van der Waals surface area contributed by atoms with Crippen LogP contribution in [0.1, 0.15) is 33.4 Å². The molecule has 6 aromatic carbocycles. The summed E-state index contributed by atoms with van der Waals surface area (Å²) in [4.78, 5) is 2.33. The molecular formula is C44H33NS.